The van der Waals surface area contributed by atoms with E-state index in [1.54, 1.807) is 0 Å². The summed E-state index contributed by atoms with van der Waals surface area (Å²) in [5, 5.41) is 14.8. The third kappa shape index (κ3) is 13.8. The van der Waals surface area contributed by atoms with E-state index in [9.17, 15) is 0 Å². The molecule has 0 amide bonds. The van der Waals surface area contributed by atoms with Crippen molar-refractivity contribution in [3.05, 3.63) is 22.8 Å². The Hall–Kier alpha value is -0.576. The fraction of sp³-hybridized carbons (Fsp3) is 0.571. The van der Waals surface area contributed by atoms with Crippen molar-refractivity contribution in [2.24, 2.45) is 5.41 Å². The van der Waals surface area contributed by atoms with E-state index in [-0.39, 0.29) is 39.5 Å². The van der Waals surface area contributed by atoms with Gasteiger partial charge in [-0.05, 0) is 0 Å². The molecule has 6 heteroatoms. The molecule has 0 saturated carbocycles. The fourth-order valence-electron chi connectivity index (χ4n) is 1.41. The SMILES string of the molecule is CC(=O)O.CC(=O)O.CC1=[C-]C(C)(C)C(C)=C1C.[Cl-].[Ti+2]. The summed E-state index contributed by atoms with van der Waals surface area (Å²) in [7, 11) is 0. The molecule has 0 heterocycles. The Morgan fingerprint density at radius 2 is 1.25 bits per heavy atom. The quantitative estimate of drug-likeness (QED) is 0.492. The van der Waals surface area contributed by atoms with Crippen LogP contribution in [0.15, 0.2) is 16.7 Å². The Morgan fingerprint density at radius 3 is 1.30 bits per heavy atom. The largest absolute Gasteiger partial charge is 2.00 e. The van der Waals surface area contributed by atoms with E-state index in [1.807, 2.05) is 0 Å². The molecule has 1 aliphatic carbocycles. The molecule has 20 heavy (non-hydrogen) atoms. The van der Waals surface area contributed by atoms with E-state index in [0.717, 1.165) is 13.8 Å². The van der Waals surface area contributed by atoms with Crippen LogP contribution in [0.4, 0.5) is 0 Å². The predicted molar refractivity (Wildman–Crippen MR) is 71.2 cm³/mol. The monoisotopic (exact) mass is 338 g/mol. The molecule has 0 fully saturated rings. The molecule has 0 saturated heterocycles. The van der Waals surface area contributed by atoms with Gasteiger partial charge in [0, 0.05) is 13.8 Å². The van der Waals surface area contributed by atoms with Crippen LogP contribution in [0, 0.1) is 11.5 Å². The predicted octanol–water partition coefficient (Wildman–Crippen LogP) is 0.295. The topological polar surface area (TPSA) is 74.6 Å². The molecular formula is C14H23ClO4Ti. The Balaban J connectivity index is -0.000000110. The molecule has 0 bridgehead atoms. The number of hydrogen-bond acceptors (Lipinski definition) is 2. The summed E-state index contributed by atoms with van der Waals surface area (Å²) in [5.74, 6) is -1.67. The first-order valence-electron chi connectivity index (χ1n) is 5.61. The van der Waals surface area contributed by atoms with Crippen molar-refractivity contribution in [3.63, 3.8) is 0 Å². The van der Waals surface area contributed by atoms with Crippen molar-refractivity contribution >= 4 is 11.9 Å². The smallest absolute Gasteiger partial charge is 1.00 e. The Kier molecular flexibility index (Phi) is 16.9. The fourth-order valence-corrected chi connectivity index (χ4v) is 1.41. The summed E-state index contributed by atoms with van der Waals surface area (Å²) in [6.45, 7) is 13.1. The molecule has 2 N–H and O–H groups in total. The normalized spacial score (nSPS) is 14.2. The average Bonchev–Trinajstić information content (AvgIpc) is 2.27. The van der Waals surface area contributed by atoms with Crippen LogP contribution in [-0.4, -0.2) is 22.2 Å². The molecule has 0 aromatic heterocycles. The third-order valence-electron chi connectivity index (χ3n) is 2.56. The second-order valence-electron chi connectivity index (χ2n) is 4.66. The molecule has 0 radical (unpaired) electrons. The number of carboxylic acid groups (broad SMARTS) is 2. The van der Waals surface area contributed by atoms with E-state index in [0.29, 0.717) is 0 Å². The van der Waals surface area contributed by atoms with E-state index in [2.05, 4.69) is 40.7 Å². The van der Waals surface area contributed by atoms with Crippen LogP contribution in [0.2, 0.25) is 0 Å². The van der Waals surface area contributed by atoms with Crippen molar-refractivity contribution < 1.29 is 53.9 Å². The maximum atomic E-state index is 9.00. The molecule has 0 unspecified atom stereocenters. The second kappa shape index (κ2) is 12.2. The van der Waals surface area contributed by atoms with Gasteiger partial charge in [0.05, 0.1) is 0 Å². The first-order chi connectivity index (χ1) is 7.91. The van der Waals surface area contributed by atoms with Crippen molar-refractivity contribution in [2.45, 2.75) is 48.5 Å². The first kappa shape index (κ1) is 27.7. The minimum Gasteiger partial charge on any atom is -1.00 e. The molecule has 0 aliphatic heterocycles. The summed E-state index contributed by atoms with van der Waals surface area (Å²) in [4.78, 5) is 18.0. The number of allylic oxidation sites excluding steroid dienone is 4. The van der Waals surface area contributed by atoms with Gasteiger partial charge in [-0.25, -0.2) is 5.57 Å². The molecule has 0 spiro atoms. The van der Waals surface area contributed by atoms with Gasteiger partial charge in [-0.1, -0.05) is 33.1 Å². The molecule has 0 aromatic rings. The van der Waals surface area contributed by atoms with E-state index in [4.69, 9.17) is 19.8 Å². The summed E-state index contributed by atoms with van der Waals surface area (Å²) in [5.41, 5.74) is 4.39. The number of hydrogen-bond donors (Lipinski definition) is 2. The average molecular weight is 339 g/mol. The summed E-state index contributed by atoms with van der Waals surface area (Å²) >= 11 is 0. The molecule has 0 aromatic carbocycles. The van der Waals surface area contributed by atoms with Gasteiger partial charge in [0.1, 0.15) is 0 Å². The number of carbonyl (C=O) groups is 2. The molecule has 1 aliphatic rings. The minimum absolute atomic E-state index is 0. The van der Waals surface area contributed by atoms with Gasteiger partial charge in [0.15, 0.2) is 0 Å². The van der Waals surface area contributed by atoms with Gasteiger partial charge in [-0.3, -0.25) is 15.7 Å². The van der Waals surface area contributed by atoms with Crippen LogP contribution in [0.1, 0.15) is 48.5 Å². The number of carboxylic acids is 2. The van der Waals surface area contributed by atoms with E-state index < -0.39 is 11.9 Å². The van der Waals surface area contributed by atoms with Crippen LogP contribution < -0.4 is 12.4 Å². The zero-order chi connectivity index (χ0) is 15.1. The Morgan fingerprint density at radius 1 is 1.00 bits per heavy atom. The number of aliphatic carboxylic acids is 2. The molecule has 4 nitrogen and oxygen atoms in total. The van der Waals surface area contributed by atoms with Crippen LogP contribution in [-0.2, 0) is 31.3 Å². The van der Waals surface area contributed by atoms with Crippen molar-refractivity contribution in [2.75, 3.05) is 0 Å². The van der Waals surface area contributed by atoms with Crippen LogP contribution in [0.25, 0.3) is 0 Å². The molecule has 114 valence electrons. The number of halogens is 1. The summed E-state index contributed by atoms with van der Waals surface area (Å²) in [6, 6.07) is 0. The van der Waals surface area contributed by atoms with Gasteiger partial charge in [-0.2, -0.15) is 11.1 Å². The van der Waals surface area contributed by atoms with Crippen molar-refractivity contribution in [3.8, 4) is 0 Å². The van der Waals surface area contributed by atoms with Gasteiger partial charge in [-0.15, -0.1) is 6.92 Å². The zero-order valence-electron chi connectivity index (χ0n) is 13.1. The summed E-state index contributed by atoms with van der Waals surface area (Å²) in [6.07, 6.45) is 3.44. The summed E-state index contributed by atoms with van der Waals surface area (Å²) < 4.78 is 0. The second-order valence-corrected chi connectivity index (χ2v) is 4.66. The Labute approximate surface area is 142 Å². The van der Waals surface area contributed by atoms with Crippen LogP contribution in [0.5, 0.6) is 0 Å². The maximum absolute atomic E-state index is 9.00. The van der Waals surface area contributed by atoms with Crippen LogP contribution >= 0.6 is 0 Å². The standard InChI is InChI=1S/C10H15.2C2H4O2.ClH.Ti/c1-7-6-10(4,5)9(3)8(7)2;2*1-2(3)4;;/h1-5H3;2*1H3,(H,3,4);1H;/q-1;;;;+2/p-1. The van der Waals surface area contributed by atoms with Gasteiger partial charge >= 0.3 is 21.7 Å². The van der Waals surface area contributed by atoms with E-state index in [1.165, 1.54) is 16.7 Å². The van der Waals surface area contributed by atoms with Crippen molar-refractivity contribution in [1.82, 2.24) is 0 Å². The van der Waals surface area contributed by atoms with Crippen LogP contribution in [0.3, 0.4) is 0 Å². The van der Waals surface area contributed by atoms with Crippen molar-refractivity contribution in [1.29, 1.82) is 0 Å². The minimum atomic E-state index is -0.833. The van der Waals surface area contributed by atoms with Gasteiger partial charge in [0.2, 0.25) is 0 Å². The Bertz CT molecular complexity index is 365. The molecule has 1 rings (SSSR count). The van der Waals surface area contributed by atoms with Gasteiger partial charge in [0.25, 0.3) is 11.9 Å². The molecular weight excluding hydrogens is 315 g/mol. The maximum Gasteiger partial charge on any atom is 2.00 e. The molecule has 0 atom stereocenters. The van der Waals surface area contributed by atoms with E-state index >= 15 is 0 Å². The first-order valence-corrected chi connectivity index (χ1v) is 5.61. The van der Waals surface area contributed by atoms with Gasteiger partial charge < -0.3 is 22.6 Å². The third-order valence-corrected chi connectivity index (χ3v) is 2.56. The number of rotatable bonds is 0. The zero-order valence-corrected chi connectivity index (χ0v) is 15.4.